The van der Waals surface area contributed by atoms with Gasteiger partial charge >= 0.3 is 0 Å². The summed E-state index contributed by atoms with van der Waals surface area (Å²) < 4.78 is 7.05. The number of phenols is 1. The number of nitrogens with zero attached hydrogens (tertiary/aromatic N) is 4. The van der Waals surface area contributed by atoms with Gasteiger partial charge in [0.05, 0.1) is 19.0 Å². The number of aromatic hydroxyl groups is 1. The molecule has 2 heterocycles. The zero-order chi connectivity index (χ0) is 15.7. The molecule has 22 heavy (non-hydrogen) atoms. The van der Waals surface area contributed by atoms with E-state index < -0.39 is 0 Å². The summed E-state index contributed by atoms with van der Waals surface area (Å²) in [5.74, 6) is 0.714. The molecule has 0 amide bonds. The Morgan fingerprint density at radius 3 is 2.68 bits per heavy atom. The highest BCUT2D eigenvalue weighted by Crippen LogP contribution is 2.33. The van der Waals surface area contributed by atoms with Crippen LogP contribution in [0.25, 0.3) is 16.9 Å². The Balaban J connectivity index is 2.20. The van der Waals surface area contributed by atoms with E-state index in [0.717, 1.165) is 16.3 Å². The predicted molar refractivity (Wildman–Crippen MR) is 88.0 cm³/mol. The van der Waals surface area contributed by atoms with Crippen molar-refractivity contribution in [2.45, 2.75) is 10.2 Å². The second-order valence-corrected chi connectivity index (χ2v) is 5.96. The Kier molecular flexibility index (Phi) is 4.12. The number of hydrogen-bond donors (Lipinski definition) is 1. The molecule has 8 heteroatoms. The topological polar surface area (TPSA) is 72.5 Å². The van der Waals surface area contributed by atoms with Crippen LogP contribution in [0.3, 0.4) is 0 Å². The van der Waals surface area contributed by atoms with E-state index in [2.05, 4.69) is 15.1 Å². The molecule has 0 atom stereocenters. The highest BCUT2D eigenvalue weighted by atomic mass is 32.2. The van der Waals surface area contributed by atoms with Crippen LogP contribution in [0.5, 0.6) is 11.5 Å². The largest absolute Gasteiger partial charge is 0.508 e. The van der Waals surface area contributed by atoms with Crippen LogP contribution >= 0.6 is 23.5 Å². The molecule has 0 spiro atoms. The highest BCUT2D eigenvalue weighted by molar-refractivity contribution is 7.99. The van der Waals surface area contributed by atoms with Crippen molar-refractivity contribution >= 4 is 29.2 Å². The minimum absolute atomic E-state index is 0.152. The molecular weight excluding hydrogens is 320 g/mol. The third kappa shape index (κ3) is 2.59. The summed E-state index contributed by atoms with van der Waals surface area (Å²) in [4.78, 5) is 9.08. The first-order chi connectivity index (χ1) is 10.7. The van der Waals surface area contributed by atoms with Crippen molar-refractivity contribution in [2.75, 3.05) is 19.6 Å². The molecule has 0 unspecified atom stereocenters. The maximum Gasteiger partial charge on any atom is 0.208 e. The van der Waals surface area contributed by atoms with Gasteiger partial charge in [0.2, 0.25) is 5.16 Å². The van der Waals surface area contributed by atoms with Crippen molar-refractivity contribution < 1.29 is 9.84 Å². The number of methoxy groups -OCH3 is 1. The standard InChI is InChI=1S/C14H14N4O2S2/c1-20-11-6-8(19)4-5-9(11)10-7-18-12(15-10)13(21-2)16-14(17-18)22-3/h4-7,19H,1-3H3. The molecule has 1 N–H and O–H groups in total. The van der Waals surface area contributed by atoms with Gasteiger partial charge in [-0.2, -0.15) is 0 Å². The number of fused-ring (bicyclic) bond motifs is 1. The van der Waals surface area contributed by atoms with Gasteiger partial charge in [-0.05, 0) is 24.6 Å². The van der Waals surface area contributed by atoms with Crippen LogP contribution in [-0.4, -0.2) is 44.3 Å². The summed E-state index contributed by atoms with van der Waals surface area (Å²) >= 11 is 3.02. The number of benzene rings is 1. The van der Waals surface area contributed by atoms with Crippen molar-refractivity contribution in [1.29, 1.82) is 0 Å². The van der Waals surface area contributed by atoms with E-state index in [1.807, 2.05) is 18.7 Å². The zero-order valence-corrected chi connectivity index (χ0v) is 13.9. The maximum atomic E-state index is 9.57. The molecule has 0 aliphatic carbocycles. The van der Waals surface area contributed by atoms with Crippen molar-refractivity contribution in [1.82, 2.24) is 19.6 Å². The fraction of sp³-hybridized carbons (Fsp3) is 0.214. The molecule has 0 radical (unpaired) electrons. The van der Waals surface area contributed by atoms with Crippen LogP contribution in [-0.2, 0) is 0 Å². The van der Waals surface area contributed by atoms with Gasteiger partial charge < -0.3 is 9.84 Å². The monoisotopic (exact) mass is 334 g/mol. The number of thioether (sulfide) groups is 2. The van der Waals surface area contributed by atoms with Gasteiger partial charge in [-0.25, -0.2) is 14.5 Å². The minimum Gasteiger partial charge on any atom is -0.508 e. The van der Waals surface area contributed by atoms with Gasteiger partial charge in [0.15, 0.2) is 5.65 Å². The van der Waals surface area contributed by atoms with Gasteiger partial charge in [0.1, 0.15) is 16.5 Å². The number of imidazole rings is 1. The van der Waals surface area contributed by atoms with Crippen LogP contribution in [0.4, 0.5) is 0 Å². The second kappa shape index (κ2) is 6.05. The SMILES string of the molecule is COc1cc(O)ccc1-c1cn2nc(SC)nc(SC)c2n1. The molecule has 6 nitrogen and oxygen atoms in total. The number of phenolic OH excluding ortho intramolecular Hbond substituents is 1. The van der Waals surface area contributed by atoms with Crippen LogP contribution < -0.4 is 4.74 Å². The molecule has 0 aliphatic rings. The minimum atomic E-state index is 0.152. The van der Waals surface area contributed by atoms with Crippen LogP contribution in [0.1, 0.15) is 0 Å². The summed E-state index contributed by atoms with van der Waals surface area (Å²) in [6.45, 7) is 0. The highest BCUT2D eigenvalue weighted by Gasteiger charge is 2.15. The molecule has 0 aliphatic heterocycles. The first kappa shape index (κ1) is 15.0. The quantitative estimate of drug-likeness (QED) is 0.735. The summed E-state index contributed by atoms with van der Waals surface area (Å²) in [5, 5.41) is 15.5. The first-order valence-corrected chi connectivity index (χ1v) is 8.84. The van der Waals surface area contributed by atoms with Crippen LogP contribution in [0.15, 0.2) is 34.6 Å². The maximum absolute atomic E-state index is 9.57. The van der Waals surface area contributed by atoms with E-state index in [0.29, 0.717) is 16.6 Å². The molecule has 3 aromatic rings. The Hall–Kier alpha value is -1.93. The van der Waals surface area contributed by atoms with Gasteiger partial charge in [-0.15, -0.1) is 16.9 Å². The van der Waals surface area contributed by atoms with E-state index in [9.17, 15) is 5.11 Å². The lowest BCUT2D eigenvalue weighted by Crippen LogP contribution is -1.98. The van der Waals surface area contributed by atoms with E-state index >= 15 is 0 Å². The molecule has 0 bridgehead atoms. The van der Waals surface area contributed by atoms with Crippen molar-refractivity contribution in [3.05, 3.63) is 24.4 Å². The average Bonchev–Trinajstić information content (AvgIpc) is 2.97. The van der Waals surface area contributed by atoms with Crippen molar-refractivity contribution in [3.63, 3.8) is 0 Å². The van der Waals surface area contributed by atoms with Crippen LogP contribution in [0.2, 0.25) is 0 Å². The number of aromatic nitrogens is 4. The molecule has 1 aromatic carbocycles. The third-order valence-corrected chi connectivity index (χ3v) is 4.31. The Labute approximate surface area is 135 Å². The van der Waals surface area contributed by atoms with Gasteiger partial charge in [-0.3, -0.25) is 0 Å². The number of hydrogen-bond acceptors (Lipinski definition) is 7. The lowest BCUT2D eigenvalue weighted by atomic mass is 10.1. The molecule has 3 rings (SSSR count). The molecule has 0 fully saturated rings. The lowest BCUT2D eigenvalue weighted by molar-refractivity contribution is 0.409. The zero-order valence-electron chi connectivity index (χ0n) is 12.3. The molecule has 2 aromatic heterocycles. The second-order valence-electron chi connectivity index (χ2n) is 4.39. The third-order valence-electron chi connectivity index (χ3n) is 3.11. The normalized spacial score (nSPS) is 11.0. The van der Waals surface area contributed by atoms with E-state index in [4.69, 9.17) is 4.74 Å². The molecular formula is C14H14N4O2S2. The van der Waals surface area contributed by atoms with Gasteiger partial charge in [-0.1, -0.05) is 11.8 Å². The van der Waals surface area contributed by atoms with E-state index in [1.54, 1.807) is 29.8 Å². The first-order valence-electron chi connectivity index (χ1n) is 6.39. The average molecular weight is 334 g/mol. The molecule has 0 saturated carbocycles. The van der Waals surface area contributed by atoms with Crippen molar-refractivity contribution in [3.8, 4) is 22.8 Å². The lowest BCUT2D eigenvalue weighted by Gasteiger charge is -2.05. The summed E-state index contributed by atoms with van der Waals surface area (Å²) in [5.41, 5.74) is 2.22. The number of rotatable bonds is 4. The summed E-state index contributed by atoms with van der Waals surface area (Å²) in [7, 11) is 1.56. The van der Waals surface area contributed by atoms with Gasteiger partial charge in [0.25, 0.3) is 0 Å². The fourth-order valence-electron chi connectivity index (χ4n) is 2.09. The number of ether oxygens (including phenoxy) is 1. The molecule has 0 saturated heterocycles. The van der Waals surface area contributed by atoms with E-state index in [1.165, 1.54) is 23.5 Å². The molecule has 114 valence electrons. The fourth-order valence-corrected chi connectivity index (χ4v) is 3.00. The van der Waals surface area contributed by atoms with Crippen molar-refractivity contribution in [2.24, 2.45) is 0 Å². The summed E-state index contributed by atoms with van der Waals surface area (Å²) in [6, 6.07) is 4.95. The predicted octanol–water partition coefficient (Wildman–Crippen LogP) is 2.95. The Bertz CT molecular complexity index is 835. The Morgan fingerprint density at radius 1 is 1.18 bits per heavy atom. The van der Waals surface area contributed by atoms with Crippen LogP contribution in [0, 0.1) is 0 Å². The Morgan fingerprint density at radius 2 is 2.00 bits per heavy atom. The summed E-state index contributed by atoms with van der Waals surface area (Å²) in [6.07, 6.45) is 5.74. The van der Waals surface area contributed by atoms with E-state index in [-0.39, 0.29) is 5.75 Å². The smallest absolute Gasteiger partial charge is 0.208 e. The van der Waals surface area contributed by atoms with Gasteiger partial charge in [0, 0.05) is 11.6 Å².